The second-order valence-electron chi connectivity index (χ2n) is 3.70. The maximum Gasteiger partial charge on any atom is 0.174 e. The highest BCUT2D eigenvalue weighted by Crippen LogP contribution is 2.29. The van der Waals surface area contributed by atoms with Crippen LogP contribution in [0, 0.1) is 5.82 Å². The monoisotopic (exact) mass is 297 g/mol. The van der Waals surface area contributed by atoms with Crippen molar-refractivity contribution in [2.45, 2.75) is 13.0 Å². The maximum absolute atomic E-state index is 13.2. The van der Waals surface area contributed by atoms with Crippen molar-refractivity contribution in [2.24, 2.45) is 0 Å². The molecule has 1 atom stereocenters. The molecule has 0 saturated heterocycles. The van der Waals surface area contributed by atoms with Gasteiger partial charge in [-0.05, 0) is 46.2 Å². The van der Waals surface area contributed by atoms with Crippen LogP contribution in [-0.4, -0.2) is 6.54 Å². The lowest BCUT2D eigenvalue weighted by Gasteiger charge is -2.17. The van der Waals surface area contributed by atoms with Gasteiger partial charge in [0.25, 0.3) is 0 Å². The summed E-state index contributed by atoms with van der Waals surface area (Å²) in [4.78, 5) is 0. The average Bonchev–Trinajstić information content (AvgIpc) is 2.72. The predicted octanol–water partition coefficient (Wildman–Crippen LogP) is 3.88. The molecule has 1 N–H and O–H groups in total. The number of furan rings is 1. The number of benzene rings is 1. The third kappa shape index (κ3) is 2.76. The summed E-state index contributed by atoms with van der Waals surface area (Å²) in [7, 11) is 0. The van der Waals surface area contributed by atoms with Gasteiger partial charge in [0.05, 0.1) is 12.3 Å². The molecule has 2 aromatic rings. The molecule has 0 aliphatic rings. The highest BCUT2D eigenvalue weighted by molar-refractivity contribution is 9.10. The van der Waals surface area contributed by atoms with Gasteiger partial charge in [0, 0.05) is 5.56 Å². The molecule has 90 valence electrons. The topological polar surface area (TPSA) is 25.2 Å². The molecule has 2 rings (SSSR count). The first-order valence-electron chi connectivity index (χ1n) is 5.44. The molecular formula is C13H13BrFNO. The van der Waals surface area contributed by atoms with E-state index in [4.69, 9.17) is 4.42 Å². The number of hydrogen-bond donors (Lipinski definition) is 1. The molecule has 1 heterocycles. The van der Waals surface area contributed by atoms with Crippen molar-refractivity contribution in [2.75, 3.05) is 6.54 Å². The minimum Gasteiger partial charge on any atom is -0.457 e. The van der Waals surface area contributed by atoms with E-state index in [1.807, 2.05) is 19.1 Å². The SMILES string of the molecule is CCNC(c1cccc(F)c1)c1ccoc1Br. The number of hydrogen-bond acceptors (Lipinski definition) is 2. The molecule has 0 fully saturated rings. The zero-order chi connectivity index (χ0) is 12.3. The van der Waals surface area contributed by atoms with E-state index in [-0.39, 0.29) is 11.9 Å². The Morgan fingerprint density at radius 3 is 2.82 bits per heavy atom. The average molecular weight is 298 g/mol. The molecule has 0 spiro atoms. The number of nitrogens with one attached hydrogen (secondary N) is 1. The van der Waals surface area contributed by atoms with Crippen molar-refractivity contribution in [3.63, 3.8) is 0 Å². The van der Waals surface area contributed by atoms with Crippen LogP contribution in [0.1, 0.15) is 24.1 Å². The summed E-state index contributed by atoms with van der Waals surface area (Å²) in [5.41, 5.74) is 1.85. The molecule has 1 aromatic heterocycles. The highest BCUT2D eigenvalue weighted by atomic mass is 79.9. The molecule has 4 heteroatoms. The summed E-state index contributed by atoms with van der Waals surface area (Å²) in [6, 6.07) is 8.40. The Bertz CT molecular complexity index is 498. The van der Waals surface area contributed by atoms with Gasteiger partial charge in [0.1, 0.15) is 5.82 Å². The maximum atomic E-state index is 13.2. The minimum atomic E-state index is -0.231. The first-order chi connectivity index (χ1) is 8.22. The Labute approximate surface area is 108 Å². The molecule has 1 aromatic carbocycles. The summed E-state index contributed by atoms with van der Waals surface area (Å²) in [5.74, 6) is -0.231. The summed E-state index contributed by atoms with van der Waals surface area (Å²) in [6.07, 6.45) is 1.61. The van der Waals surface area contributed by atoms with Gasteiger partial charge < -0.3 is 9.73 Å². The van der Waals surface area contributed by atoms with Crippen LogP contribution in [0.25, 0.3) is 0 Å². The zero-order valence-electron chi connectivity index (χ0n) is 9.41. The van der Waals surface area contributed by atoms with Gasteiger partial charge >= 0.3 is 0 Å². The van der Waals surface area contributed by atoms with Crippen LogP contribution in [0.5, 0.6) is 0 Å². The standard InChI is InChI=1S/C13H13BrFNO/c1-2-16-12(11-6-7-17-13(11)14)9-4-3-5-10(15)8-9/h3-8,12,16H,2H2,1H3. The Morgan fingerprint density at radius 1 is 1.41 bits per heavy atom. The molecule has 0 bridgehead atoms. The molecule has 0 aliphatic carbocycles. The van der Waals surface area contributed by atoms with Crippen LogP contribution in [0.3, 0.4) is 0 Å². The Kier molecular flexibility index (Phi) is 3.97. The number of rotatable bonds is 4. The third-order valence-electron chi connectivity index (χ3n) is 2.55. The number of halogens is 2. The van der Waals surface area contributed by atoms with Crippen molar-refractivity contribution >= 4 is 15.9 Å². The van der Waals surface area contributed by atoms with Gasteiger partial charge in [0.2, 0.25) is 0 Å². The van der Waals surface area contributed by atoms with E-state index in [2.05, 4.69) is 21.2 Å². The second-order valence-corrected chi connectivity index (χ2v) is 4.42. The van der Waals surface area contributed by atoms with Crippen LogP contribution in [0.2, 0.25) is 0 Å². The van der Waals surface area contributed by atoms with Crippen molar-refractivity contribution in [3.05, 3.63) is 58.2 Å². The normalized spacial score (nSPS) is 12.6. The van der Waals surface area contributed by atoms with Gasteiger partial charge in [-0.25, -0.2) is 4.39 Å². The Balaban J connectivity index is 2.39. The lowest BCUT2D eigenvalue weighted by molar-refractivity contribution is 0.526. The highest BCUT2D eigenvalue weighted by Gasteiger charge is 2.18. The fourth-order valence-electron chi connectivity index (χ4n) is 1.81. The Morgan fingerprint density at radius 2 is 2.24 bits per heavy atom. The smallest absolute Gasteiger partial charge is 0.174 e. The van der Waals surface area contributed by atoms with Crippen LogP contribution < -0.4 is 5.32 Å². The summed E-state index contributed by atoms with van der Waals surface area (Å²) in [5, 5.41) is 3.31. The van der Waals surface area contributed by atoms with E-state index in [0.29, 0.717) is 4.67 Å². The van der Waals surface area contributed by atoms with Crippen molar-refractivity contribution in [3.8, 4) is 0 Å². The molecule has 0 amide bonds. The van der Waals surface area contributed by atoms with E-state index < -0.39 is 0 Å². The fourth-order valence-corrected chi connectivity index (χ4v) is 2.28. The summed E-state index contributed by atoms with van der Waals surface area (Å²) >= 11 is 3.35. The lowest BCUT2D eigenvalue weighted by Crippen LogP contribution is -2.21. The Hall–Kier alpha value is -1.13. The molecule has 2 nitrogen and oxygen atoms in total. The van der Waals surface area contributed by atoms with E-state index in [0.717, 1.165) is 17.7 Å². The summed E-state index contributed by atoms with van der Waals surface area (Å²) in [6.45, 7) is 2.80. The minimum absolute atomic E-state index is 0.0659. The lowest BCUT2D eigenvalue weighted by atomic mass is 10.0. The predicted molar refractivity (Wildman–Crippen MR) is 68.3 cm³/mol. The van der Waals surface area contributed by atoms with Crippen molar-refractivity contribution in [1.29, 1.82) is 0 Å². The van der Waals surface area contributed by atoms with Crippen LogP contribution in [-0.2, 0) is 0 Å². The van der Waals surface area contributed by atoms with E-state index in [9.17, 15) is 4.39 Å². The van der Waals surface area contributed by atoms with E-state index in [1.165, 1.54) is 12.1 Å². The largest absolute Gasteiger partial charge is 0.457 e. The third-order valence-corrected chi connectivity index (χ3v) is 3.19. The van der Waals surface area contributed by atoms with Crippen LogP contribution >= 0.6 is 15.9 Å². The van der Waals surface area contributed by atoms with Crippen LogP contribution in [0.15, 0.2) is 45.7 Å². The van der Waals surface area contributed by atoms with Crippen molar-refractivity contribution < 1.29 is 8.81 Å². The first-order valence-corrected chi connectivity index (χ1v) is 6.23. The van der Waals surface area contributed by atoms with Gasteiger partial charge in [-0.1, -0.05) is 19.1 Å². The molecule has 0 saturated carbocycles. The van der Waals surface area contributed by atoms with Gasteiger partial charge in [-0.15, -0.1) is 0 Å². The van der Waals surface area contributed by atoms with Gasteiger partial charge in [0.15, 0.2) is 4.67 Å². The van der Waals surface area contributed by atoms with E-state index >= 15 is 0 Å². The zero-order valence-corrected chi connectivity index (χ0v) is 11.0. The van der Waals surface area contributed by atoms with Crippen LogP contribution in [0.4, 0.5) is 4.39 Å². The molecule has 0 radical (unpaired) electrons. The van der Waals surface area contributed by atoms with Gasteiger partial charge in [-0.2, -0.15) is 0 Å². The fraction of sp³-hybridized carbons (Fsp3) is 0.231. The summed E-state index contributed by atoms with van der Waals surface area (Å²) < 4.78 is 19.1. The first kappa shape index (κ1) is 12.3. The molecule has 0 aliphatic heterocycles. The second kappa shape index (κ2) is 5.47. The van der Waals surface area contributed by atoms with Crippen molar-refractivity contribution in [1.82, 2.24) is 5.32 Å². The van der Waals surface area contributed by atoms with E-state index in [1.54, 1.807) is 12.3 Å². The molecule has 1 unspecified atom stereocenters. The van der Waals surface area contributed by atoms with Gasteiger partial charge in [-0.3, -0.25) is 0 Å². The quantitative estimate of drug-likeness (QED) is 0.926. The molecular weight excluding hydrogens is 285 g/mol. The molecule has 17 heavy (non-hydrogen) atoms.